The molecule has 1 aromatic heterocycles. The van der Waals surface area contributed by atoms with Crippen LogP contribution in [0, 0.1) is 13.8 Å². The summed E-state index contributed by atoms with van der Waals surface area (Å²) >= 11 is 0. The molecule has 0 aromatic carbocycles. The van der Waals surface area contributed by atoms with Gasteiger partial charge in [-0.3, -0.25) is 9.89 Å². The van der Waals surface area contributed by atoms with Crippen molar-refractivity contribution in [3.8, 4) is 0 Å². The Kier molecular flexibility index (Phi) is 3.19. The lowest BCUT2D eigenvalue weighted by Crippen LogP contribution is -2.55. The standard InChI is InChI=1S/C12H20N4O/c1-7-5-16(6-8(2)13-7)12(17)11-9(3)14-15-10(11)4/h7-8,13H,5-6H2,1-4H3,(H,14,15). The number of nitrogens with zero attached hydrogens (tertiary/aromatic N) is 2. The SMILES string of the molecule is Cc1n[nH]c(C)c1C(=O)N1CC(C)NC(C)C1. The van der Waals surface area contributed by atoms with Gasteiger partial charge in [0.1, 0.15) is 0 Å². The molecule has 2 N–H and O–H groups in total. The number of amides is 1. The number of piperazine rings is 1. The van der Waals surface area contributed by atoms with Gasteiger partial charge in [-0.05, 0) is 27.7 Å². The van der Waals surface area contributed by atoms with E-state index in [1.54, 1.807) is 0 Å². The number of aromatic amines is 1. The molecule has 94 valence electrons. The van der Waals surface area contributed by atoms with Crippen molar-refractivity contribution in [2.75, 3.05) is 13.1 Å². The monoisotopic (exact) mass is 236 g/mol. The minimum absolute atomic E-state index is 0.0916. The normalized spacial score (nSPS) is 25.1. The van der Waals surface area contributed by atoms with Crippen LogP contribution < -0.4 is 5.32 Å². The van der Waals surface area contributed by atoms with Crippen LogP contribution in [-0.2, 0) is 0 Å². The molecule has 2 unspecified atom stereocenters. The van der Waals surface area contributed by atoms with E-state index in [1.165, 1.54) is 0 Å². The third-order valence-electron chi connectivity index (χ3n) is 3.19. The molecule has 17 heavy (non-hydrogen) atoms. The van der Waals surface area contributed by atoms with Crippen LogP contribution in [0.4, 0.5) is 0 Å². The van der Waals surface area contributed by atoms with E-state index in [1.807, 2.05) is 18.7 Å². The number of H-pyrrole nitrogens is 1. The van der Waals surface area contributed by atoms with Gasteiger partial charge in [0, 0.05) is 30.9 Å². The zero-order chi connectivity index (χ0) is 12.6. The van der Waals surface area contributed by atoms with Crippen molar-refractivity contribution >= 4 is 5.91 Å². The van der Waals surface area contributed by atoms with E-state index in [4.69, 9.17) is 0 Å². The fourth-order valence-corrected chi connectivity index (χ4v) is 2.52. The molecule has 0 aliphatic carbocycles. The molecule has 2 heterocycles. The van der Waals surface area contributed by atoms with Crippen molar-refractivity contribution in [1.82, 2.24) is 20.4 Å². The lowest BCUT2D eigenvalue weighted by Gasteiger charge is -2.36. The summed E-state index contributed by atoms with van der Waals surface area (Å²) in [5.74, 6) is 0.0916. The van der Waals surface area contributed by atoms with Crippen molar-refractivity contribution in [3.63, 3.8) is 0 Å². The second kappa shape index (κ2) is 4.49. The summed E-state index contributed by atoms with van der Waals surface area (Å²) in [5, 5.41) is 10.4. The fraction of sp³-hybridized carbons (Fsp3) is 0.667. The molecule has 1 fully saturated rings. The van der Waals surface area contributed by atoms with E-state index in [2.05, 4.69) is 29.4 Å². The smallest absolute Gasteiger partial charge is 0.257 e. The minimum Gasteiger partial charge on any atom is -0.335 e. The van der Waals surface area contributed by atoms with Crippen LogP contribution in [0.5, 0.6) is 0 Å². The first kappa shape index (κ1) is 12.1. The van der Waals surface area contributed by atoms with Crippen LogP contribution in [0.1, 0.15) is 35.6 Å². The maximum absolute atomic E-state index is 12.4. The Morgan fingerprint density at radius 1 is 1.29 bits per heavy atom. The highest BCUT2D eigenvalue weighted by Gasteiger charge is 2.28. The van der Waals surface area contributed by atoms with Gasteiger partial charge in [-0.15, -0.1) is 0 Å². The van der Waals surface area contributed by atoms with E-state index in [0.717, 1.165) is 30.0 Å². The fourth-order valence-electron chi connectivity index (χ4n) is 2.52. The maximum Gasteiger partial charge on any atom is 0.257 e. The van der Waals surface area contributed by atoms with Gasteiger partial charge in [-0.25, -0.2) is 0 Å². The molecule has 5 heteroatoms. The molecule has 0 spiro atoms. The van der Waals surface area contributed by atoms with Crippen molar-refractivity contribution in [1.29, 1.82) is 0 Å². The minimum atomic E-state index is 0.0916. The Balaban J connectivity index is 2.20. The first-order chi connectivity index (χ1) is 7.99. The molecule has 0 saturated carbocycles. The lowest BCUT2D eigenvalue weighted by atomic mass is 10.1. The van der Waals surface area contributed by atoms with Gasteiger partial charge < -0.3 is 10.2 Å². The number of hydrogen-bond donors (Lipinski definition) is 2. The highest BCUT2D eigenvalue weighted by atomic mass is 16.2. The van der Waals surface area contributed by atoms with Crippen LogP contribution in [0.3, 0.4) is 0 Å². The lowest BCUT2D eigenvalue weighted by molar-refractivity contribution is 0.0672. The summed E-state index contributed by atoms with van der Waals surface area (Å²) in [6.45, 7) is 9.48. The molecule has 1 saturated heterocycles. The topological polar surface area (TPSA) is 61.0 Å². The van der Waals surface area contributed by atoms with E-state index in [-0.39, 0.29) is 5.91 Å². The summed E-state index contributed by atoms with van der Waals surface area (Å²) in [6, 6.07) is 0.686. The first-order valence-electron chi connectivity index (χ1n) is 6.06. The molecule has 1 amide bonds. The number of aryl methyl sites for hydroxylation is 2. The van der Waals surface area contributed by atoms with Crippen LogP contribution >= 0.6 is 0 Å². The third-order valence-corrected chi connectivity index (χ3v) is 3.19. The number of rotatable bonds is 1. The van der Waals surface area contributed by atoms with Crippen molar-refractivity contribution in [2.45, 2.75) is 39.8 Å². The zero-order valence-corrected chi connectivity index (χ0v) is 10.9. The van der Waals surface area contributed by atoms with Gasteiger partial charge in [0.05, 0.1) is 11.3 Å². The number of nitrogens with one attached hydrogen (secondary N) is 2. The Morgan fingerprint density at radius 2 is 1.88 bits per heavy atom. The van der Waals surface area contributed by atoms with E-state index in [9.17, 15) is 4.79 Å². The molecule has 5 nitrogen and oxygen atoms in total. The van der Waals surface area contributed by atoms with Crippen molar-refractivity contribution in [3.05, 3.63) is 17.0 Å². The zero-order valence-electron chi connectivity index (χ0n) is 10.9. The van der Waals surface area contributed by atoms with E-state index in [0.29, 0.717) is 12.1 Å². The summed E-state index contributed by atoms with van der Waals surface area (Å²) in [5.41, 5.74) is 2.36. The molecule has 1 aliphatic heterocycles. The number of carbonyl (C=O) groups is 1. The Labute approximate surface area is 102 Å². The molecule has 2 atom stereocenters. The van der Waals surface area contributed by atoms with Gasteiger partial charge in [0.15, 0.2) is 0 Å². The summed E-state index contributed by atoms with van der Waals surface area (Å²) in [7, 11) is 0. The maximum atomic E-state index is 12.4. The van der Waals surface area contributed by atoms with Gasteiger partial charge in [-0.1, -0.05) is 0 Å². The molecule has 0 bridgehead atoms. The Morgan fingerprint density at radius 3 is 2.35 bits per heavy atom. The van der Waals surface area contributed by atoms with Crippen molar-refractivity contribution in [2.24, 2.45) is 0 Å². The van der Waals surface area contributed by atoms with Gasteiger partial charge in [0.25, 0.3) is 5.91 Å². The highest BCUT2D eigenvalue weighted by molar-refractivity contribution is 5.96. The first-order valence-corrected chi connectivity index (χ1v) is 6.06. The Bertz CT molecular complexity index is 397. The number of aromatic nitrogens is 2. The van der Waals surface area contributed by atoms with E-state index >= 15 is 0 Å². The predicted octanol–water partition coefficient (Wildman–Crippen LogP) is 0.849. The van der Waals surface area contributed by atoms with Gasteiger partial charge >= 0.3 is 0 Å². The Hall–Kier alpha value is -1.36. The molecule has 1 aliphatic rings. The van der Waals surface area contributed by atoms with Crippen LogP contribution in [-0.4, -0.2) is 46.2 Å². The predicted molar refractivity (Wildman–Crippen MR) is 66.0 cm³/mol. The number of hydrogen-bond acceptors (Lipinski definition) is 3. The average molecular weight is 236 g/mol. The van der Waals surface area contributed by atoms with Crippen LogP contribution in [0.2, 0.25) is 0 Å². The second-order valence-corrected chi connectivity index (χ2v) is 4.99. The van der Waals surface area contributed by atoms with Crippen LogP contribution in [0.25, 0.3) is 0 Å². The van der Waals surface area contributed by atoms with Gasteiger partial charge in [0.2, 0.25) is 0 Å². The average Bonchev–Trinajstić information content (AvgIpc) is 2.56. The van der Waals surface area contributed by atoms with E-state index < -0.39 is 0 Å². The summed E-state index contributed by atoms with van der Waals surface area (Å²) in [4.78, 5) is 14.3. The second-order valence-electron chi connectivity index (χ2n) is 4.99. The summed E-state index contributed by atoms with van der Waals surface area (Å²) in [6.07, 6.45) is 0. The quantitative estimate of drug-likeness (QED) is 0.760. The molecule has 1 aromatic rings. The van der Waals surface area contributed by atoms with Crippen LogP contribution in [0.15, 0.2) is 0 Å². The summed E-state index contributed by atoms with van der Waals surface area (Å²) < 4.78 is 0. The van der Waals surface area contributed by atoms with Crippen molar-refractivity contribution < 1.29 is 4.79 Å². The third kappa shape index (κ3) is 2.34. The molecule has 2 rings (SSSR count). The molecule has 0 radical (unpaired) electrons. The molecular formula is C12H20N4O. The van der Waals surface area contributed by atoms with Gasteiger partial charge in [-0.2, -0.15) is 5.10 Å². The molecular weight excluding hydrogens is 216 g/mol. The number of carbonyl (C=O) groups excluding carboxylic acids is 1. The highest BCUT2D eigenvalue weighted by Crippen LogP contribution is 2.15. The largest absolute Gasteiger partial charge is 0.335 e.